The summed E-state index contributed by atoms with van der Waals surface area (Å²) >= 11 is 6.38. The first-order valence-electron chi connectivity index (χ1n) is 14.2. The molecule has 0 amide bonds. The zero-order valence-electron chi connectivity index (χ0n) is 22.8. The number of halogens is 4. The first kappa shape index (κ1) is 28.1. The fourth-order valence-corrected chi connectivity index (χ4v) is 6.28. The molecule has 2 aliphatic rings. The Morgan fingerprint density at radius 2 is 1.54 bits per heavy atom. The van der Waals surface area contributed by atoms with Crippen LogP contribution in [0, 0.1) is 0 Å². The lowest BCUT2D eigenvalue weighted by Gasteiger charge is -2.35. The summed E-state index contributed by atoms with van der Waals surface area (Å²) in [5.41, 5.74) is 5.47. The van der Waals surface area contributed by atoms with E-state index >= 15 is 0 Å². The second kappa shape index (κ2) is 12.1. The number of rotatable bonds is 7. The number of benzene rings is 3. The molecule has 0 radical (unpaired) electrons. The fourth-order valence-electron chi connectivity index (χ4n) is 6.09. The maximum atomic E-state index is 12.7. The van der Waals surface area contributed by atoms with Gasteiger partial charge in [-0.2, -0.15) is 0 Å². The molecule has 0 aliphatic carbocycles. The molecule has 2 aliphatic heterocycles. The molecule has 6 rings (SSSR count). The molecule has 9 heteroatoms. The topological polar surface area (TPSA) is 32.7 Å². The molecule has 4 aromatic rings. The lowest BCUT2D eigenvalue weighted by Crippen LogP contribution is -2.45. The Bertz CT molecular complexity index is 1470. The number of piperidine rings is 1. The van der Waals surface area contributed by atoms with E-state index in [0.717, 1.165) is 97.8 Å². The van der Waals surface area contributed by atoms with Crippen molar-refractivity contribution in [3.8, 4) is 16.9 Å². The Morgan fingerprint density at radius 3 is 2.22 bits per heavy atom. The van der Waals surface area contributed by atoms with Crippen molar-refractivity contribution in [2.24, 2.45) is 0 Å². The van der Waals surface area contributed by atoms with Gasteiger partial charge in [-0.05, 0) is 73.0 Å². The Labute approximate surface area is 243 Å². The Balaban J connectivity index is 1.22. The van der Waals surface area contributed by atoms with Crippen molar-refractivity contribution in [3.63, 3.8) is 0 Å². The number of nitrogens with one attached hydrogen (secondary N) is 1. The molecule has 1 aromatic heterocycles. The van der Waals surface area contributed by atoms with Gasteiger partial charge in [0.15, 0.2) is 0 Å². The third-order valence-electron chi connectivity index (χ3n) is 8.22. The summed E-state index contributed by atoms with van der Waals surface area (Å²) in [6.07, 6.45) is -0.442. The van der Waals surface area contributed by atoms with E-state index in [1.165, 1.54) is 17.7 Å². The number of fused-ring (bicyclic) bond motifs is 1. The molecule has 0 bridgehead atoms. The SMILES string of the molecule is FC(F)(F)Oc1ccc(-c2cn(C3CCNCC3)c3ccc(CN4CCN(Cc5ccccc5Cl)CC4)cc23)cc1. The molecule has 216 valence electrons. The van der Waals surface area contributed by atoms with Crippen LogP contribution in [0.1, 0.15) is 30.0 Å². The molecule has 2 saturated heterocycles. The molecular formula is C32H34ClF3N4O. The minimum Gasteiger partial charge on any atom is -0.406 e. The monoisotopic (exact) mass is 582 g/mol. The predicted molar refractivity (Wildman–Crippen MR) is 157 cm³/mol. The fraction of sp³-hybridized carbons (Fsp3) is 0.375. The van der Waals surface area contributed by atoms with Gasteiger partial charge in [0.25, 0.3) is 0 Å². The van der Waals surface area contributed by atoms with E-state index in [0.29, 0.717) is 6.04 Å². The molecule has 5 nitrogen and oxygen atoms in total. The van der Waals surface area contributed by atoms with E-state index in [2.05, 4.69) is 54.9 Å². The largest absolute Gasteiger partial charge is 0.573 e. The number of nitrogens with zero attached hydrogens (tertiary/aromatic N) is 3. The highest BCUT2D eigenvalue weighted by Crippen LogP contribution is 2.36. The number of aromatic nitrogens is 1. The van der Waals surface area contributed by atoms with Gasteiger partial charge in [0.05, 0.1) is 0 Å². The quantitative estimate of drug-likeness (QED) is 0.252. The number of hydrogen-bond acceptors (Lipinski definition) is 4. The van der Waals surface area contributed by atoms with Gasteiger partial charge in [-0.1, -0.05) is 48.0 Å². The summed E-state index contributed by atoms with van der Waals surface area (Å²) in [7, 11) is 0. The number of ether oxygens (including phenoxy) is 1. The van der Waals surface area contributed by atoms with Gasteiger partial charge in [-0.3, -0.25) is 9.80 Å². The van der Waals surface area contributed by atoms with Crippen molar-refractivity contribution in [2.45, 2.75) is 38.3 Å². The molecule has 3 aromatic carbocycles. The normalized spacial score (nSPS) is 17.8. The lowest BCUT2D eigenvalue weighted by atomic mass is 10.0. The van der Waals surface area contributed by atoms with Gasteiger partial charge < -0.3 is 14.6 Å². The first-order valence-corrected chi connectivity index (χ1v) is 14.6. The third kappa shape index (κ3) is 6.72. The highest BCUT2D eigenvalue weighted by molar-refractivity contribution is 6.31. The van der Waals surface area contributed by atoms with Crippen LogP contribution in [0.25, 0.3) is 22.0 Å². The van der Waals surface area contributed by atoms with Crippen molar-refractivity contribution in [1.29, 1.82) is 0 Å². The zero-order valence-corrected chi connectivity index (χ0v) is 23.6. The summed E-state index contributed by atoms with van der Waals surface area (Å²) < 4.78 is 44.6. The van der Waals surface area contributed by atoms with Crippen LogP contribution in [0.15, 0.2) is 72.9 Å². The molecule has 41 heavy (non-hydrogen) atoms. The Morgan fingerprint density at radius 1 is 0.854 bits per heavy atom. The average Bonchev–Trinajstić information content (AvgIpc) is 3.34. The van der Waals surface area contributed by atoms with Crippen molar-refractivity contribution in [3.05, 3.63) is 89.1 Å². The minimum atomic E-state index is -4.71. The Hall–Kier alpha value is -3.04. The summed E-state index contributed by atoms with van der Waals surface area (Å²) in [4.78, 5) is 4.93. The number of piperazine rings is 1. The van der Waals surface area contributed by atoms with Crippen LogP contribution in [-0.2, 0) is 13.1 Å². The maximum Gasteiger partial charge on any atom is 0.573 e. The molecule has 3 heterocycles. The molecular weight excluding hydrogens is 549 g/mol. The van der Waals surface area contributed by atoms with Gasteiger partial charge in [-0.25, -0.2) is 0 Å². The van der Waals surface area contributed by atoms with Gasteiger partial charge >= 0.3 is 6.36 Å². The minimum absolute atomic E-state index is 0.210. The van der Waals surface area contributed by atoms with E-state index in [9.17, 15) is 13.2 Å². The average molecular weight is 583 g/mol. The van der Waals surface area contributed by atoms with Gasteiger partial charge in [-0.15, -0.1) is 13.2 Å². The molecule has 1 N–H and O–H groups in total. The molecule has 0 spiro atoms. The molecule has 0 saturated carbocycles. The van der Waals surface area contributed by atoms with E-state index < -0.39 is 6.36 Å². The van der Waals surface area contributed by atoms with Crippen LogP contribution in [0.4, 0.5) is 13.2 Å². The van der Waals surface area contributed by atoms with E-state index in [-0.39, 0.29) is 5.75 Å². The summed E-state index contributed by atoms with van der Waals surface area (Å²) in [5, 5.41) is 5.38. The van der Waals surface area contributed by atoms with Crippen LogP contribution in [0.3, 0.4) is 0 Å². The highest BCUT2D eigenvalue weighted by Gasteiger charge is 2.31. The number of alkyl halides is 3. The second-order valence-electron chi connectivity index (χ2n) is 11.0. The summed E-state index contributed by atoms with van der Waals surface area (Å²) in [6, 6.07) is 21.3. The maximum absolute atomic E-state index is 12.7. The standard InChI is InChI=1S/C32H34ClF3N4O/c33-30-4-2-1-3-25(30)21-39-17-15-38(16-18-39)20-23-5-10-31-28(19-23)29(22-40(31)26-11-13-37-14-12-26)24-6-8-27(9-7-24)41-32(34,35)36/h1-10,19,22,26,37H,11-18,20-21H2. The molecule has 2 fully saturated rings. The van der Waals surface area contributed by atoms with Crippen LogP contribution >= 0.6 is 11.6 Å². The van der Waals surface area contributed by atoms with Crippen molar-refractivity contribution in [1.82, 2.24) is 19.7 Å². The zero-order chi connectivity index (χ0) is 28.4. The number of hydrogen-bond donors (Lipinski definition) is 1. The summed E-state index contributed by atoms with van der Waals surface area (Å²) in [6.45, 7) is 7.59. The van der Waals surface area contributed by atoms with Crippen molar-refractivity contribution < 1.29 is 17.9 Å². The third-order valence-corrected chi connectivity index (χ3v) is 8.59. The van der Waals surface area contributed by atoms with Crippen molar-refractivity contribution in [2.75, 3.05) is 39.3 Å². The lowest BCUT2D eigenvalue weighted by molar-refractivity contribution is -0.274. The van der Waals surface area contributed by atoms with E-state index in [4.69, 9.17) is 11.6 Å². The Kier molecular flexibility index (Phi) is 8.26. The van der Waals surface area contributed by atoms with Crippen LogP contribution in [-0.4, -0.2) is 60.0 Å². The van der Waals surface area contributed by atoms with Crippen LogP contribution < -0.4 is 10.1 Å². The van der Waals surface area contributed by atoms with Gasteiger partial charge in [0, 0.05) is 73.0 Å². The second-order valence-corrected chi connectivity index (χ2v) is 11.4. The van der Waals surface area contributed by atoms with E-state index in [1.807, 2.05) is 18.2 Å². The van der Waals surface area contributed by atoms with Crippen LogP contribution in [0.5, 0.6) is 5.75 Å². The molecule has 0 atom stereocenters. The van der Waals surface area contributed by atoms with Gasteiger partial charge in [0.2, 0.25) is 0 Å². The van der Waals surface area contributed by atoms with Crippen LogP contribution in [0.2, 0.25) is 5.02 Å². The predicted octanol–water partition coefficient (Wildman–Crippen LogP) is 7.10. The first-order chi connectivity index (χ1) is 19.8. The van der Waals surface area contributed by atoms with E-state index in [1.54, 1.807) is 12.1 Å². The highest BCUT2D eigenvalue weighted by atomic mass is 35.5. The smallest absolute Gasteiger partial charge is 0.406 e. The molecule has 0 unspecified atom stereocenters. The van der Waals surface area contributed by atoms with Gasteiger partial charge in [0.1, 0.15) is 5.75 Å². The van der Waals surface area contributed by atoms with Crippen molar-refractivity contribution >= 4 is 22.5 Å². The summed E-state index contributed by atoms with van der Waals surface area (Å²) in [5.74, 6) is -0.210.